The molecule has 0 radical (unpaired) electrons. The number of benzene rings is 1. The van der Waals surface area contributed by atoms with Gasteiger partial charge in [-0.1, -0.05) is 11.2 Å². The lowest BCUT2D eigenvalue weighted by molar-refractivity contribution is 0.128. The van der Waals surface area contributed by atoms with E-state index in [2.05, 4.69) is 5.16 Å². The molecule has 0 amide bonds. The molecule has 8 heteroatoms. The molecule has 3 aliphatic rings. The van der Waals surface area contributed by atoms with E-state index in [0.29, 0.717) is 48.6 Å². The minimum Gasteiger partial charge on any atom is -0.385 e. The standard InChI is InChI=1S/C23H31N3O4S/c1-29-14-12-23(22-24-21(30-25-22)18-7-8-18)11-4-13-26(16-23)31(27,28)20-10-9-17-5-2-3-6-19(17)15-20/h9-10,15,18H,2-8,11-14,16H2,1H3/t23-/m1/s1. The predicted molar refractivity (Wildman–Crippen MR) is 116 cm³/mol. The summed E-state index contributed by atoms with van der Waals surface area (Å²) in [5.41, 5.74) is 1.99. The monoisotopic (exact) mass is 445 g/mol. The molecule has 2 aromatic rings. The molecule has 1 saturated heterocycles. The summed E-state index contributed by atoms with van der Waals surface area (Å²) in [5, 5.41) is 4.31. The molecule has 1 aromatic heterocycles. The van der Waals surface area contributed by atoms with Crippen LogP contribution in [0, 0.1) is 0 Å². The third kappa shape index (κ3) is 4.05. The topological polar surface area (TPSA) is 85.5 Å². The number of aryl methyl sites for hydroxylation is 2. The van der Waals surface area contributed by atoms with Crippen molar-refractivity contribution in [2.24, 2.45) is 0 Å². The van der Waals surface area contributed by atoms with Crippen LogP contribution in [0.15, 0.2) is 27.6 Å². The van der Waals surface area contributed by atoms with E-state index in [0.717, 1.165) is 44.9 Å². The van der Waals surface area contributed by atoms with E-state index >= 15 is 0 Å². The van der Waals surface area contributed by atoms with Crippen LogP contribution >= 0.6 is 0 Å². The van der Waals surface area contributed by atoms with E-state index in [-0.39, 0.29) is 0 Å². The van der Waals surface area contributed by atoms with Gasteiger partial charge in [0.1, 0.15) is 0 Å². The summed E-state index contributed by atoms with van der Waals surface area (Å²) in [6, 6.07) is 5.68. The van der Waals surface area contributed by atoms with Crippen molar-refractivity contribution in [3.8, 4) is 0 Å². The first kappa shape index (κ1) is 21.1. The van der Waals surface area contributed by atoms with Gasteiger partial charge in [-0.2, -0.15) is 9.29 Å². The minimum absolute atomic E-state index is 0.361. The quantitative estimate of drug-likeness (QED) is 0.648. The van der Waals surface area contributed by atoms with Crippen molar-refractivity contribution in [2.45, 2.75) is 74.0 Å². The number of sulfonamides is 1. The maximum Gasteiger partial charge on any atom is 0.243 e. The van der Waals surface area contributed by atoms with Crippen LogP contribution in [0.25, 0.3) is 0 Å². The van der Waals surface area contributed by atoms with Crippen LogP contribution in [-0.2, 0) is 33.0 Å². The summed E-state index contributed by atoms with van der Waals surface area (Å²) < 4.78 is 39.8. The number of hydrogen-bond acceptors (Lipinski definition) is 6. The molecule has 0 bridgehead atoms. The van der Waals surface area contributed by atoms with Crippen LogP contribution in [0.3, 0.4) is 0 Å². The van der Waals surface area contributed by atoms with Crippen molar-refractivity contribution >= 4 is 10.0 Å². The highest BCUT2D eigenvalue weighted by Crippen LogP contribution is 2.42. The maximum atomic E-state index is 13.6. The fraction of sp³-hybridized carbons (Fsp3) is 0.652. The Hall–Kier alpha value is -1.77. The summed E-state index contributed by atoms with van der Waals surface area (Å²) in [5.74, 6) is 1.71. The van der Waals surface area contributed by atoms with Gasteiger partial charge < -0.3 is 9.26 Å². The molecular formula is C23H31N3O4S. The average molecular weight is 446 g/mol. The normalized spacial score (nSPS) is 24.8. The molecule has 2 aliphatic carbocycles. The molecule has 5 rings (SSSR count). The zero-order valence-electron chi connectivity index (χ0n) is 18.2. The van der Waals surface area contributed by atoms with Crippen LogP contribution in [0.4, 0.5) is 0 Å². The van der Waals surface area contributed by atoms with Crippen LogP contribution in [0.5, 0.6) is 0 Å². The number of piperidine rings is 1. The highest BCUT2D eigenvalue weighted by atomic mass is 32.2. The smallest absolute Gasteiger partial charge is 0.243 e. The molecule has 0 unspecified atom stereocenters. The van der Waals surface area contributed by atoms with Crippen molar-refractivity contribution in [3.05, 3.63) is 41.0 Å². The summed E-state index contributed by atoms with van der Waals surface area (Å²) in [6.45, 7) is 1.40. The van der Waals surface area contributed by atoms with Gasteiger partial charge in [-0.15, -0.1) is 0 Å². The second-order valence-electron chi connectivity index (χ2n) is 9.33. The Kier molecular flexibility index (Phi) is 5.65. The number of aromatic nitrogens is 2. The van der Waals surface area contributed by atoms with E-state index in [4.69, 9.17) is 14.2 Å². The van der Waals surface area contributed by atoms with Crippen molar-refractivity contribution in [1.82, 2.24) is 14.4 Å². The highest BCUT2D eigenvalue weighted by molar-refractivity contribution is 7.89. The van der Waals surface area contributed by atoms with Gasteiger partial charge in [0.2, 0.25) is 15.9 Å². The average Bonchev–Trinajstić information content (AvgIpc) is 3.53. The third-order valence-electron chi connectivity index (χ3n) is 7.13. The summed E-state index contributed by atoms with van der Waals surface area (Å²) in [6.07, 6.45) is 8.75. The molecule has 2 heterocycles. The number of rotatable bonds is 7. The van der Waals surface area contributed by atoms with Gasteiger partial charge in [-0.25, -0.2) is 8.42 Å². The largest absolute Gasteiger partial charge is 0.385 e. The first-order valence-corrected chi connectivity index (χ1v) is 12.9. The second-order valence-corrected chi connectivity index (χ2v) is 11.3. The molecule has 0 spiro atoms. The zero-order chi connectivity index (χ0) is 21.5. The highest BCUT2D eigenvalue weighted by Gasteiger charge is 2.45. The summed E-state index contributed by atoms with van der Waals surface area (Å²) in [7, 11) is -1.92. The number of methoxy groups -OCH3 is 1. The van der Waals surface area contributed by atoms with E-state index in [1.54, 1.807) is 17.5 Å². The third-order valence-corrected chi connectivity index (χ3v) is 8.97. The van der Waals surface area contributed by atoms with Crippen LogP contribution in [0.1, 0.15) is 73.7 Å². The van der Waals surface area contributed by atoms with E-state index in [1.807, 2.05) is 12.1 Å². The SMILES string of the molecule is COCC[C@]1(c2noc(C3CC3)n2)CCCN(S(=O)(=O)c2ccc3c(c2)CCCC3)C1. The first-order valence-electron chi connectivity index (χ1n) is 11.5. The van der Waals surface area contributed by atoms with Gasteiger partial charge in [0.25, 0.3) is 0 Å². The maximum absolute atomic E-state index is 13.6. The van der Waals surface area contributed by atoms with Gasteiger partial charge in [-0.05, 0) is 81.0 Å². The Morgan fingerprint density at radius 2 is 2.00 bits per heavy atom. The molecular weight excluding hydrogens is 414 g/mol. The Bertz CT molecular complexity index is 1050. The molecule has 1 saturated carbocycles. The Balaban J connectivity index is 1.45. The lowest BCUT2D eigenvalue weighted by atomic mass is 9.77. The van der Waals surface area contributed by atoms with Gasteiger partial charge in [-0.3, -0.25) is 0 Å². The fourth-order valence-electron chi connectivity index (χ4n) is 5.06. The Morgan fingerprint density at radius 3 is 2.77 bits per heavy atom. The molecule has 2 fully saturated rings. The van der Waals surface area contributed by atoms with E-state index in [9.17, 15) is 8.42 Å². The molecule has 168 valence electrons. The van der Waals surface area contributed by atoms with E-state index < -0.39 is 15.4 Å². The molecule has 1 aliphatic heterocycles. The Morgan fingerprint density at radius 1 is 1.19 bits per heavy atom. The summed E-state index contributed by atoms with van der Waals surface area (Å²) in [4.78, 5) is 5.12. The van der Waals surface area contributed by atoms with Crippen molar-refractivity contribution in [2.75, 3.05) is 26.8 Å². The number of ether oxygens (including phenoxy) is 1. The Labute approximate surface area is 184 Å². The molecule has 7 nitrogen and oxygen atoms in total. The lowest BCUT2D eigenvalue weighted by Gasteiger charge is -2.40. The first-order chi connectivity index (χ1) is 15.0. The molecule has 1 atom stereocenters. The van der Waals surface area contributed by atoms with Crippen LogP contribution < -0.4 is 0 Å². The molecule has 31 heavy (non-hydrogen) atoms. The van der Waals surface area contributed by atoms with Gasteiger partial charge in [0.05, 0.1) is 4.90 Å². The number of fused-ring (bicyclic) bond motifs is 1. The molecule has 1 aromatic carbocycles. The van der Waals surface area contributed by atoms with Crippen LogP contribution in [0.2, 0.25) is 0 Å². The fourth-order valence-corrected chi connectivity index (χ4v) is 6.67. The lowest BCUT2D eigenvalue weighted by Crippen LogP contribution is -2.49. The van der Waals surface area contributed by atoms with Gasteiger partial charge in [0, 0.05) is 38.1 Å². The second kappa shape index (κ2) is 8.30. The molecule has 0 N–H and O–H groups in total. The summed E-state index contributed by atoms with van der Waals surface area (Å²) >= 11 is 0. The van der Waals surface area contributed by atoms with Gasteiger partial charge >= 0.3 is 0 Å². The number of hydrogen-bond donors (Lipinski definition) is 0. The van der Waals surface area contributed by atoms with Gasteiger partial charge in [0.15, 0.2) is 5.82 Å². The predicted octanol–water partition coefficient (Wildman–Crippen LogP) is 3.58. The zero-order valence-corrected chi connectivity index (χ0v) is 19.0. The van der Waals surface area contributed by atoms with Crippen molar-refractivity contribution in [3.63, 3.8) is 0 Å². The van der Waals surface area contributed by atoms with Crippen LogP contribution in [-0.4, -0.2) is 49.7 Å². The minimum atomic E-state index is -3.59. The van der Waals surface area contributed by atoms with E-state index in [1.165, 1.54) is 17.5 Å². The van der Waals surface area contributed by atoms with Crippen molar-refractivity contribution in [1.29, 1.82) is 0 Å². The number of nitrogens with zero attached hydrogens (tertiary/aromatic N) is 3. The van der Waals surface area contributed by atoms with Crippen molar-refractivity contribution < 1.29 is 17.7 Å².